The Hall–Kier alpha value is -2.59. The first-order valence-corrected chi connectivity index (χ1v) is 12.1. The predicted molar refractivity (Wildman–Crippen MR) is 126 cm³/mol. The Bertz CT molecular complexity index is 999. The Balaban J connectivity index is 1.61. The van der Waals surface area contributed by atoms with E-state index in [1.807, 2.05) is 0 Å². The summed E-state index contributed by atoms with van der Waals surface area (Å²) in [4.78, 5) is 32.0. The van der Waals surface area contributed by atoms with Crippen LogP contribution in [0.15, 0.2) is 12.3 Å². The minimum absolute atomic E-state index is 0.0127. The number of carbonyl (C=O) groups excluding carboxylic acids is 2. The van der Waals surface area contributed by atoms with E-state index in [1.165, 1.54) is 26.2 Å². The fourth-order valence-electron chi connectivity index (χ4n) is 4.08. The van der Waals surface area contributed by atoms with Crippen molar-refractivity contribution in [2.75, 3.05) is 18.9 Å². The number of rotatable bonds is 11. The average molecular weight is 497 g/mol. The summed E-state index contributed by atoms with van der Waals surface area (Å²) in [6.07, 6.45) is 6.60. The van der Waals surface area contributed by atoms with Crippen LogP contribution in [0.5, 0.6) is 0 Å². The minimum atomic E-state index is -1.09. The first-order valence-electron chi connectivity index (χ1n) is 11.7. The van der Waals surface area contributed by atoms with Crippen LogP contribution in [0.4, 0.5) is 10.6 Å². The number of esters is 1. The normalized spacial score (nSPS) is 22.1. The smallest absolute Gasteiger partial charge is 0.459 e. The topological polar surface area (TPSA) is 128 Å². The fraction of sp³-hybridized carbons (Fsp3) is 0.652. The van der Waals surface area contributed by atoms with Gasteiger partial charge in [0, 0.05) is 19.5 Å². The minimum Gasteiger partial charge on any atom is -0.459 e. The van der Waals surface area contributed by atoms with Gasteiger partial charge >= 0.3 is 12.1 Å². The molecule has 11 heteroatoms. The van der Waals surface area contributed by atoms with E-state index in [0.717, 1.165) is 19.3 Å². The summed E-state index contributed by atoms with van der Waals surface area (Å²) >= 11 is 5.98. The van der Waals surface area contributed by atoms with Crippen molar-refractivity contribution in [3.05, 3.63) is 17.5 Å². The van der Waals surface area contributed by atoms with Crippen molar-refractivity contribution >= 4 is 40.6 Å². The van der Waals surface area contributed by atoms with E-state index in [-0.39, 0.29) is 17.7 Å². The number of nitrogens with two attached hydrogens (primary N) is 1. The quantitative estimate of drug-likeness (QED) is 0.265. The van der Waals surface area contributed by atoms with Gasteiger partial charge in [0.2, 0.25) is 5.28 Å². The lowest BCUT2D eigenvalue weighted by Gasteiger charge is -2.29. The van der Waals surface area contributed by atoms with E-state index in [9.17, 15) is 9.59 Å². The average Bonchev–Trinajstić information content (AvgIpc) is 3.33. The standard InChI is InChI=1S/C23H33ClN4O6/c1-4-5-6-7-8-9-12-31-22(30)32-14-23(3)17(33-15(2)29)13-18(34-23)28-11-10-16-19(25)26-21(24)27-20(16)28/h10-11,17-18H,4-9,12-14H2,1-3H3,(H2,25,26,27)/t17-,18+,23+/m0/s1. The molecule has 2 aromatic rings. The molecule has 2 aromatic heterocycles. The van der Waals surface area contributed by atoms with Crippen LogP contribution >= 0.6 is 11.6 Å². The number of unbranched alkanes of at least 4 members (excludes halogenated alkanes) is 5. The number of hydrogen-bond acceptors (Lipinski definition) is 9. The molecule has 34 heavy (non-hydrogen) atoms. The maximum Gasteiger partial charge on any atom is 0.508 e. The molecular formula is C23H33ClN4O6. The zero-order valence-corrected chi connectivity index (χ0v) is 20.7. The van der Waals surface area contributed by atoms with Crippen LogP contribution in [0.3, 0.4) is 0 Å². The molecule has 0 radical (unpaired) electrons. The summed E-state index contributed by atoms with van der Waals surface area (Å²) < 4.78 is 24.0. The number of ether oxygens (including phenoxy) is 4. The van der Waals surface area contributed by atoms with Gasteiger partial charge in [0.15, 0.2) is 0 Å². The highest BCUT2D eigenvalue weighted by molar-refractivity contribution is 6.28. The van der Waals surface area contributed by atoms with E-state index in [0.29, 0.717) is 24.1 Å². The van der Waals surface area contributed by atoms with Gasteiger partial charge < -0.3 is 29.2 Å². The molecule has 2 N–H and O–H groups in total. The Morgan fingerprint density at radius 2 is 1.97 bits per heavy atom. The number of nitrogen functional groups attached to an aromatic ring is 1. The first kappa shape index (κ1) is 26.0. The van der Waals surface area contributed by atoms with Crippen LogP contribution in [-0.4, -0.2) is 51.6 Å². The molecule has 0 aliphatic carbocycles. The molecule has 188 valence electrons. The van der Waals surface area contributed by atoms with Crippen LogP contribution in [0.25, 0.3) is 11.0 Å². The lowest BCUT2D eigenvalue weighted by molar-refractivity contribution is -0.163. The monoisotopic (exact) mass is 496 g/mol. The zero-order chi connectivity index (χ0) is 24.7. The molecule has 1 fully saturated rings. The third-order valence-corrected chi connectivity index (χ3v) is 6.06. The Morgan fingerprint density at radius 3 is 2.71 bits per heavy atom. The van der Waals surface area contributed by atoms with Crippen LogP contribution in [0.1, 0.15) is 71.9 Å². The number of aromatic nitrogens is 3. The second-order valence-corrected chi connectivity index (χ2v) is 9.05. The molecule has 3 atom stereocenters. The molecule has 10 nitrogen and oxygen atoms in total. The van der Waals surface area contributed by atoms with Crippen molar-refractivity contribution in [3.63, 3.8) is 0 Å². The van der Waals surface area contributed by atoms with E-state index >= 15 is 0 Å². The molecule has 1 aliphatic rings. The number of nitrogens with zero attached hydrogens (tertiary/aromatic N) is 3. The lowest BCUT2D eigenvalue weighted by atomic mass is 10.00. The molecule has 0 unspecified atom stereocenters. The summed E-state index contributed by atoms with van der Waals surface area (Å²) in [5.74, 6) is -0.208. The summed E-state index contributed by atoms with van der Waals surface area (Å²) in [5, 5.41) is 0.638. The zero-order valence-electron chi connectivity index (χ0n) is 19.9. The molecule has 3 heterocycles. The Kier molecular flexibility index (Phi) is 8.96. The van der Waals surface area contributed by atoms with Gasteiger partial charge in [-0.2, -0.15) is 4.98 Å². The van der Waals surface area contributed by atoms with Crippen LogP contribution < -0.4 is 5.73 Å². The molecule has 0 amide bonds. The molecule has 0 aromatic carbocycles. The molecular weight excluding hydrogens is 464 g/mol. The third-order valence-electron chi connectivity index (χ3n) is 5.89. The van der Waals surface area contributed by atoms with Crippen LogP contribution in [-0.2, 0) is 23.7 Å². The highest BCUT2D eigenvalue weighted by Crippen LogP contribution is 2.40. The van der Waals surface area contributed by atoms with E-state index in [4.69, 9.17) is 36.3 Å². The van der Waals surface area contributed by atoms with E-state index < -0.39 is 30.1 Å². The van der Waals surface area contributed by atoms with Gasteiger partial charge in [-0.1, -0.05) is 39.0 Å². The van der Waals surface area contributed by atoms with Gasteiger partial charge in [0.25, 0.3) is 0 Å². The van der Waals surface area contributed by atoms with Gasteiger partial charge in [-0.15, -0.1) is 0 Å². The Morgan fingerprint density at radius 1 is 1.24 bits per heavy atom. The molecule has 0 spiro atoms. The largest absolute Gasteiger partial charge is 0.508 e. The summed E-state index contributed by atoms with van der Waals surface area (Å²) in [6, 6.07) is 1.76. The van der Waals surface area contributed by atoms with Crippen molar-refractivity contribution < 1.29 is 28.5 Å². The molecule has 1 saturated heterocycles. The van der Waals surface area contributed by atoms with Gasteiger partial charge in [-0.3, -0.25) is 4.79 Å². The van der Waals surface area contributed by atoms with Crippen molar-refractivity contribution in [1.29, 1.82) is 0 Å². The molecule has 0 saturated carbocycles. The van der Waals surface area contributed by atoms with Gasteiger partial charge in [-0.05, 0) is 31.0 Å². The van der Waals surface area contributed by atoms with Crippen LogP contribution in [0, 0.1) is 0 Å². The van der Waals surface area contributed by atoms with E-state index in [2.05, 4.69) is 16.9 Å². The van der Waals surface area contributed by atoms with Crippen molar-refractivity contribution in [2.24, 2.45) is 0 Å². The molecule has 3 rings (SSSR count). The maximum absolute atomic E-state index is 12.1. The van der Waals surface area contributed by atoms with Crippen LogP contribution in [0.2, 0.25) is 5.28 Å². The number of halogens is 1. The lowest BCUT2D eigenvalue weighted by Crippen LogP contribution is -2.43. The number of carbonyl (C=O) groups is 2. The van der Waals surface area contributed by atoms with Gasteiger partial charge in [0.1, 0.15) is 36.0 Å². The summed E-state index contributed by atoms with van der Waals surface area (Å²) in [6.45, 7) is 5.37. The number of hydrogen-bond donors (Lipinski definition) is 1. The van der Waals surface area contributed by atoms with Crippen molar-refractivity contribution in [1.82, 2.24) is 14.5 Å². The highest BCUT2D eigenvalue weighted by Gasteiger charge is 2.49. The SMILES string of the molecule is CCCCCCCCOC(=O)OC[C@@]1(C)O[C@@H](n2ccc3c(N)nc(Cl)nc32)C[C@@H]1OC(C)=O. The maximum atomic E-state index is 12.1. The van der Waals surface area contributed by atoms with Crippen molar-refractivity contribution in [2.45, 2.75) is 83.6 Å². The summed E-state index contributed by atoms with van der Waals surface area (Å²) in [7, 11) is 0. The van der Waals surface area contributed by atoms with Crippen molar-refractivity contribution in [3.8, 4) is 0 Å². The second kappa shape index (κ2) is 11.7. The fourth-order valence-corrected chi connectivity index (χ4v) is 4.25. The number of fused-ring (bicyclic) bond motifs is 1. The Labute approximate surface area is 204 Å². The number of anilines is 1. The third kappa shape index (κ3) is 6.50. The van der Waals surface area contributed by atoms with Gasteiger partial charge in [-0.25, -0.2) is 9.78 Å². The molecule has 1 aliphatic heterocycles. The second-order valence-electron chi connectivity index (χ2n) is 8.71. The highest BCUT2D eigenvalue weighted by atomic mass is 35.5. The summed E-state index contributed by atoms with van der Waals surface area (Å²) in [5.41, 5.74) is 5.35. The predicted octanol–water partition coefficient (Wildman–Crippen LogP) is 4.79. The molecule has 0 bridgehead atoms. The van der Waals surface area contributed by atoms with E-state index in [1.54, 1.807) is 23.8 Å². The first-order chi connectivity index (χ1) is 16.2. The van der Waals surface area contributed by atoms with Gasteiger partial charge in [0.05, 0.1) is 12.0 Å².